The van der Waals surface area contributed by atoms with Gasteiger partial charge in [-0.3, -0.25) is 4.21 Å². The van der Waals surface area contributed by atoms with Crippen molar-refractivity contribution >= 4 is 10.8 Å². The maximum absolute atomic E-state index is 12.1. The van der Waals surface area contributed by atoms with E-state index >= 15 is 0 Å². The van der Waals surface area contributed by atoms with Gasteiger partial charge in [-0.1, -0.05) is 13.8 Å². The number of nitrogens with one attached hydrogen (secondary N) is 1. The molecule has 1 aliphatic heterocycles. The normalized spacial score (nSPS) is 30.7. The molecule has 0 aromatic rings. The molecule has 0 amide bonds. The van der Waals surface area contributed by atoms with Crippen LogP contribution >= 0.6 is 0 Å². The van der Waals surface area contributed by atoms with Crippen molar-refractivity contribution in [3.8, 4) is 0 Å². The zero-order valence-electron chi connectivity index (χ0n) is 10.2. The lowest BCUT2D eigenvalue weighted by molar-refractivity contribution is 0.127. The summed E-state index contributed by atoms with van der Waals surface area (Å²) in [6, 6.07) is 0.346. The predicted molar refractivity (Wildman–Crippen MR) is 64.5 cm³/mol. The van der Waals surface area contributed by atoms with E-state index in [4.69, 9.17) is 4.74 Å². The molecule has 4 unspecified atom stereocenters. The highest BCUT2D eigenvalue weighted by molar-refractivity contribution is 7.85. The molecule has 1 saturated heterocycles. The fraction of sp³-hybridized carbons (Fsp3) is 1.00. The third-order valence-corrected chi connectivity index (χ3v) is 5.15. The van der Waals surface area contributed by atoms with Crippen LogP contribution in [0.15, 0.2) is 0 Å². The largest absolute Gasteiger partial charge is 0.377 e. The van der Waals surface area contributed by atoms with Gasteiger partial charge in [0.1, 0.15) is 0 Å². The van der Waals surface area contributed by atoms with Gasteiger partial charge >= 0.3 is 0 Å². The first kappa shape index (κ1) is 13.1. The van der Waals surface area contributed by atoms with Crippen LogP contribution in [-0.4, -0.2) is 41.0 Å². The first-order valence-corrected chi connectivity index (χ1v) is 7.10. The highest BCUT2D eigenvalue weighted by Gasteiger charge is 2.31. The van der Waals surface area contributed by atoms with Gasteiger partial charge in [0.05, 0.1) is 11.4 Å². The summed E-state index contributed by atoms with van der Waals surface area (Å²) in [5.74, 6) is 1.27. The fourth-order valence-corrected chi connectivity index (χ4v) is 3.98. The molecule has 0 spiro atoms. The van der Waals surface area contributed by atoms with Crippen molar-refractivity contribution in [2.24, 2.45) is 5.92 Å². The minimum atomic E-state index is -0.763. The predicted octanol–water partition coefficient (Wildman–Crippen LogP) is 1.16. The topological polar surface area (TPSA) is 38.3 Å². The van der Waals surface area contributed by atoms with Crippen LogP contribution < -0.4 is 5.32 Å². The summed E-state index contributed by atoms with van der Waals surface area (Å²) < 4.78 is 17.6. The average Bonchev–Trinajstić information content (AvgIpc) is 2.60. The molecule has 4 heteroatoms. The van der Waals surface area contributed by atoms with Gasteiger partial charge in [0, 0.05) is 29.2 Å². The standard InChI is InChI=1S/C11H23NO2S/c1-8(2)10(12-4)7-15(13)11-5-6-14-9(11)3/h8-12H,5-7H2,1-4H3. The quantitative estimate of drug-likeness (QED) is 0.774. The molecular formula is C11H23NO2S. The summed E-state index contributed by atoms with van der Waals surface area (Å²) in [7, 11) is 1.18. The van der Waals surface area contributed by atoms with E-state index in [1.165, 1.54) is 0 Å². The van der Waals surface area contributed by atoms with E-state index in [0.29, 0.717) is 12.0 Å². The Morgan fingerprint density at radius 3 is 2.60 bits per heavy atom. The van der Waals surface area contributed by atoms with Crippen LogP contribution in [0.25, 0.3) is 0 Å². The maximum Gasteiger partial charge on any atom is 0.0691 e. The number of ether oxygens (including phenoxy) is 1. The van der Waals surface area contributed by atoms with Crippen molar-refractivity contribution in [3.63, 3.8) is 0 Å². The van der Waals surface area contributed by atoms with Gasteiger partial charge in [0.15, 0.2) is 0 Å². The Morgan fingerprint density at radius 2 is 2.20 bits per heavy atom. The highest BCUT2D eigenvalue weighted by Crippen LogP contribution is 2.20. The summed E-state index contributed by atoms with van der Waals surface area (Å²) in [6.07, 6.45) is 1.11. The number of hydrogen-bond acceptors (Lipinski definition) is 3. The maximum atomic E-state index is 12.1. The van der Waals surface area contributed by atoms with Crippen molar-refractivity contribution in [1.29, 1.82) is 0 Å². The molecule has 1 heterocycles. The van der Waals surface area contributed by atoms with E-state index in [9.17, 15) is 4.21 Å². The lowest BCUT2D eigenvalue weighted by Gasteiger charge is -2.22. The second kappa shape index (κ2) is 5.97. The van der Waals surface area contributed by atoms with Crippen LogP contribution in [0.1, 0.15) is 27.2 Å². The fourth-order valence-electron chi connectivity index (χ4n) is 1.97. The molecule has 0 aromatic heterocycles. The Morgan fingerprint density at radius 1 is 1.53 bits per heavy atom. The molecule has 90 valence electrons. The van der Waals surface area contributed by atoms with E-state index in [2.05, 4.69) is 19.2 Å². The summed E-state index contributed by atoms with van der Waals surface area (Å²) in [5, 5.41) is 3.47. The Kier molecular flexibility index (Phi) is 5.23. The number of rotatable bonds is 5. The molecule has 1 aliphatic rings. The molecule has 15 heavy (non-hydrogen) atoms. The average molecular weight is 233 g/mol. The van der Waals surface area contributed by atoms with Crippen LogP contribution in [-0.2, 0) is 15.5 Å². The molecule has 1 N–H and O–H groups in total. The molecule has 3 nitrogen and oxygen atoms in total. The highest BCUT2D eigenvalue weighted by atomic mass is 32.2. The lowest BCUT2D eigenvalue weighted by Crippen LogP contribution is -2.39. The third kappa shape index (κ3) is 3.54. The summed E-state index contributed by atoms with van der Waals surface area (Å²) in [4.78, 5) is 0. The third-order valence-electron chi connectivity index (χ3n) is 3.16. The van der Waals surface area contributed by atoms with Crippen LogP contribution in [0.2, 0.25) is 0 Å². The summed E-state index contributed by atoms with van der Waals surface area (Å²) in [5.41, 5.74) is 0. The zero-order valence-corrected chi connectivity index (χ0v) is 11.0. The first-order valence-electron chi connectivity index (χ1n) is 5.72. The van der Waals surface area contributed by atoms with Crippen molar-refractivity contribution < 1.29 is 8.95 Å². The summed E-state index contributed by atoms with van der Waals surface area (Å²) >= 11 is 0. The van der Waals surface area contributed by atoms with Crippen LogP contribution in [0.3, 0.4) is 0 Å². The molecule has 0 saturated carbocycles. The van der Waals surface area contributed by atoms with Crippen LogP contribution in [0.5, 0.6) is 0 Å². The first-order chi connectivity index (χ1) is 7.06. The molecule has 1 fully saturated rings. The van der Waals surface area contributed by atoms with Crippen molar-refractivity contribution in [3.05, 3.63) is 0 Å². The van der Waals surface area contributed by atoms with Gasteiger partial charge in [-0.15, -0.1) is 0 Å². The Labute approximate surface area is 95.4 Å². The van der Waals surface area contributed by atoms with Crippen molar-refractivity contribution in [2.75, 3.05) is 19.4 Å². The van der Waals surface area contributed by atoms with Gasteiger partial charge in [-0.2, -0.15) is 0 Å². The molecule has 0 bridgehead atoms. The summed E-state index contributed by atoms with van der Waals surface area (Å²) in [6.45, 7) is 7.11. The molecule has 1 rings (SSSR count). The van der Waals surface area contributed by atoms with Gasteiger partial charge in [0.25, 0.3) is 0 Å². The lowest BCUT2D eigenvalue weighted by atomic mass is 10.1. The van der Waals surface area contributed by atoms with Gasteiger partial charge in [-0.05, 0) is 26.3 Å². The van der Waals surface area contributed by atoms with Gasteiger partial charge < -0.3 is 10.1 Å². The minimum Gasteiger partial charge on any atom is -0.377 e. The van der Waals surface area contributed by atoms with E-state index in [1.54, 1.807) is 0 Å². The Bertz CT molecular complexity index is 221. The Balaban J connectivity index is 2.46. The van der Waals surface area contributed by atoms with E-state index < -0.39 is 10.8 Å². The second-order valence-electron chi connectivity index (χ2n) is 4.59. The monoisotopic (exact) mass is 233 g/mol. The Hall–Kier alpha value is 0.0700. The van der Waals surface area contributed by atoms with E-state index in [0.717, 1.165) is 18.8 Å². The van der Waals surface area contributed by atoms with Crippen molar-refractivity contribution in [2.45, 2.75) is 44.6 Å². The van der Waals surface area contributed by atoms with Gasteiger partial charge in [-0.25, -0.2) is 0 Å². The smallest absolute Gasteiger partial charge is 0.0691 e. The van der Waals surface area contributed by atoms with Gasteiger partial charge in [0.2, 0.25) is 0 Å². The minimum absolute atomic E-state index is 0.163. The van der Waals surface area contributed by atoms with Crippen molar-refractivity contribution in [1.82, 2.24) is 5.32 Å². The SMILES string of the molecule is CNC(CS(=O)C1CCOC1C)C(C)C. The van der Waals surface area contributed by atoms with Crippen LogP contribution in [0.4, 0.5) is 0 Å². The molecule has 0 aliphatic carbocycles. The molecule has 0 radical (unpaired) electrons. The zero-order chi connectivity index (χ0) is 11.4. The van der Waals surface area contributed by atoms with Crippen LogP contribution in [0, 0.1) is 5.92 Å². The molecule has 0 aromatic carbocycles. The van der Waals surface area contributed by atoms with E-state index in [-0.39, 0.29) is 11.4 Å². The molecular weight excluding hydrogens is 210 g/mol. The van der Waals surface area contributed by atoms with E-state index in [1.807, 2.05) is 14.0 Å². The number of hydrogen-bond donors (Lipinski definition) is 1. The molecule has 4 atom stereocenters. The second-order valence-corrected chi connectivity index (χ2v) is 6.29.